The molecule has 0 saturated carbocycles. The number of hydrogen-bond acceptors (Lipinski definition) is 2. The van der Waals surface area contributed by atoms with E-state index in [0.717, 1.165) is 12.0 Å². The average Bonchev–Trinajstić information content (AvgIpc) is 2.52. The number of pyridine rings is 1. The fraction of sp³-hybridized carbons (Fsp3) is 0.176. The Balaban J connectivity index is 1.86. The quantitative estimate of drug-likeness (QED) is 0.792. The molecule has 0 saturated heterocycles. The van der Waals surface area contributed by atoms with Gasteiger partial charge in [-0.15, -0.1) is 0 Å². The van der Waals surface area contributed by atoms with Crippen molar-refractivity contribution in [2.75, 3.05) is 13.6 Å². The van der Waals surface area contributed by atoms with Gasteiger partial charge in [0.25, 0.3) is 0 Å². The maximum atomic E-state index is 12.0. The number of nitrogens with zero attached hydrogens (tertiary/aromatic N) is 2. The Kier molecular flexibility index (Phi) is 5.52. The first-order chi connectivity index (χ1) is 10.1. The molecule has 0 atom stereocenters. The van der Waals surface area contributed by atoms with E-state index in [-0.39, 0.29) is 5.91 Å². The van der Waals surface area contributed by atoms with E-state index in [1.165, 1.54) is 5.56 Å². The lowest BCUT2D eigenvalue weighted by Gasteiger charge is -2.14. The molecule has 0 bridgehead atoms. The Labute approximate surface area is 129 Å². The number of benzene rings is 1. The predicted molar refractivity (Wildman–Crippen MR) is 86.1 cm³/mol. The van der Waals surface area contributed by atoms with Crippen LogP contribution in [0.1, 0.15) is 11.1 Å². The molecule has 1 heterocycles. The van der Waals surface area contributed by atoms with Gasteiger partial charge in [0.15, 0.2) is 0 Å². The number of carbonyl (C=O) groups is 1. The van der Waals surface area contributed by atoms with Gasteiger partial charge in [-0.1, -0.05) is 23.7 Å². The average molecular weight is 301 g/mol. The van der Waals surface area contributed by atoms with Gasteiger partial charge in [0.1, 0.15) is 0 Å². The molecule has 0 fully saturated rings. The standard InChI is InChI=1S/C17H17ClN2O/c1-20(13-10-15-8-11-19-12-9-15)17(21)7-4-14-2-5-16(18)6-3-14/h2-9,11-12H,10,13H2,1H3/b7-4+. The summed E-state index contributed by atoms with van der Waals surface area (Å²) in [5.41, 5.74) is 2.13. The summed E-state index contributed by atoms with van der Waals surface area (Å²) in [5, 5.41) is 0.688. The third-order valence-corrected chi connectivity index (χ3v) is 3.40. The topological polar surface area (TPSA) is 33.2 Å². The summed E-state index contributed by atoms with van der Waals surface area (Å²) < 4.78 is 0. The first kappa shape index (κ1) is 15.3. The molecular formula is C17H17ClN2O. The smallest absolute Gasteiger partial charge is 0.246 e. The zero-order valence-electron chi connectivity index (χ0n) is 11.9. The Morgan fingerprint density at radius 1 is 1.19 bits per heavy atom. The molecule has 0 radical (unpaired) electrons. The van der Waals surface area contributed by atoms with E-state index in [4.69, 9.17) is 11.6 Å². The molecule has 1 aromatic carbocycles. The van der Waals surface area contributed by atoms with Crippen molar-refractivity contribution >= 4 is 23.6 Å². The van der Waals surface area contributed by atoms with E-state index in [1.807, 2.05) is 24.3 Å². The molecule has 1 amide bonds. The van der Waals surface area contributed by atoms with Crippen molar-refractivity contribution in [2.45, 2.75) is 6.42 Å². The summed E-state index contributed by atoms with van der Waals surface area (Å²) in [7, 11) is 1.80. The monoisotopic (exact) mass is 300 g/mol. The molecular weight excluding hydrogens is 284 g/mol. The van der Waals surface area contributed by atoms with Crippen LogP contribution in [0.5, 0.6) is 0 Å². The lowest BCUT2D eigenvalue weighted by atomic mass is 10.2. The largest absolute Gasteiger partial charge is 0.342 e. The maximum Gasteiger partial charge on any atom is 0.246 e. The van der Waals surface area contributed by atoms with Crippen molar-refractivity contribution < 1.29 is 4.79 Å². The maximum absolute atomic E-state index is 12.0. The van der Waals surface area contributed by atoms with Crippen LogP contribution in [-0.4, -0.2) is 29.4 Å². The summed E-state index contributed by atoms with van der Waals surface area (Å²) in [6, 6.07) is 11.3. The summed E-state index contributed by atoms with van der Waals surface area (Å²) in [5.74, 6) is -0.0148. The molecule has 1 aromatic heterocycles. The van der Waals surface area contributed by atoms with Crippen molar-refractivity contribution in [1.82, 2.24) is 9.88 Å². The number of rotatable bonds is 5. The van der Waals surface area contributed by atoms with E-state index >= 15 is 0 Å². The van der Waals surface area contributed by atoms with Crippen LogP contribution in [0.15, 0.2) is 54.9 Å². The van der Waals surface area contributed by atoms with Crippen LogP contribution in [0, 0.1) is 0 Å². The molecule has 0 aliphatic carbocycles. The normalized spacial score (nSPS) is 10.8. The number of aromatic nitrogens is 1. The van der Waals surface area contributed by atoms with E-state index in [2.05, 4.69) is 4.98 Å². The van der Waals surface area contributed by atoms with Gasteiger partial charge in [-0.25, -0.2) is 0 Å². The Bertz CT molecular complexity index is 608. The third kappa shape index (κ3) is 5.04. The van der Waals surface area contributed by atoms with E-state index < -0.39 is 0 Å². The van der Waals surface area contributed by atoms with Gasteiger partial charge in [0, 0.05) is 37.1 Å². The molecule has 0 aliphatic heterocycles. The first-order valence-corrected chi connectivity index (χ1v) is 7.10. The second kappa shape index (κ2) is 7.60. The Morgan fingerprint density at radius 3 is 2.52 bits per heavy atom. The van der Waals surface area contributed by atoms with Crippen molar-refractivity contribution in [3.63, 3.8) is 0 Å². The molecule has 2 aromatic rings. The zero-order chi connectivity index (χ0) is 15.1. The minimum absolute atomic E-state index is 0.0148. The molecule has 4 heteroatoms. The van der Waals surface area contributed by atoms with Crippen LogP contribution in [0.4, 0.5) is 0 Å². The molecule has 0 N–H and O–H groups in total. The number of hydrogen-bond donors (Lipinski definition) is 0. The number of carbonyl (C=O) groups excluding carboxylic acids is 1. The third-order valence-electron chi connectivity index (χ3n) is 3.15. The summed E-state index contributed by atoms with van der Waals surface area (Å²) in [4.78, 5) is 17.7. The minimum atomic E-state index is -0.0148. The second-order valence-corrected chi connectivity index (χ2v) is 5.19. The van der Waals surface area contributed by atoms with Crippen LogP contribution < -0.4 is 0 Å². The van der Waals surface area contributed by atoms with Crippen molar-refractivity contribution in [3.8, 4) is 0 Å². The van der Waals surface area contributed by atoms with Crippen LogP contribution in [-0.2, 0) is 11.2 Å². The Hall–Kier alpha value is -2.13. The fourth-order valence-electron chi connectivity index (χ4n) is 1.83. The highest BCUT2D eigenvalue weighted by Crippen LogP contribution is 2.10. The van der Waals surface area contributed by atoms with Gasteiger partial charge >= 0.3 is 0 Å². The Morgan fingerprint density at radius 2 is 1.86 bits per heavy atom. The number of halogens is 1. The SMILES string of the molecule is CN(CCc1ccncc1)C(=O)/C=C/c1ccc(Cl)cc1. The van der Waals surface area contributed by atoms with Gasteiger partial charge < -0.3 is 4.90 Å². The lowest BCUT2D eigenvalue weighted by molar-refractivity contribution is -0.124. The fourth-order valence-corrected chi connectivity index (χ4v) is 1.95. The van der Waals surface area contributed by atoms with Crippen LogP contribution in [0.2, 0.25) is 5.02 Å². The van der Waals surface area contributed by atoms with E-state index in [1.54, 1.807) is 48.6 Å². The van der Waals surface area contributed by atoms with Crippen molar-refractivity contribution in [2.24, 2.45) is 0 Å². The van der Waals surface area contributed by atoms with Crippen molar-refractivity contribution in [3.05, 3.63) is 71.0 Å². The molecule has 0 unspecified atom stereocenters. The molecule has 108 valence electrons. The molecule has 2 rings (SSSR count). The molecule has 0 aliphatic rings. The summed E-state index contributed by atoms with van der Waals surface area (Å²) in [6.07, 6.45) is 7.71. The van der Waals surface area contributed by atoms with Crippen LogP contribution >= 0.6 is 11.6 Å². The predicted octanol–water partition coefficient (Wildman–Crippen LogP) is 3.45. The minimum Gasteiger partial charge on any atom is -0.342 e. The molecule has 21 heavy (non-hydrogen) atoms. The number of likely N-dealkylation sites (N-methyl/N-ethyl adjacent to an activating group) is 1. The summed E-state index contributed by atoms with van der Waals surface area (Å²) >= 11 is 5.82. The van der Waals surface area contributed by atoms with Gasteiger partial charge in [-0.2, -0.15) is 0 Å². The number of amides is 1. The second-order valence-electron chi connectivity index (χ2n) is 4.75. The lowest BCUT2D eigenvalue weighted by Crippen LogP contribution is -2.27. The van der Waals surface area contributed by atoms with Crippen molar-refractivity contribution in [1.29, 1.82) is 0 Å². The zero-order valence-corrected chi connectivity index (χ0v) is 12.6. The first-order valence-electron chi connectivity index (χ1n) is 6.73. The van der Waals surface area contributed by atoms with Crippen LogP contribution in [0.25, 0.3) is 6.08 Å². The highest BCUT2D eigenvalue weighted by molar-refractivity contribution is 6.30. The van der Waals surface area contributed by atoms with Gasteiger partial charge in [-0.3, -0.25) is 9.78 Å². The van der Waals surface area contributed by atoms with E-state index in [9.17, 15) is 4.79 Å². The van der Waals surface area contributed by atoms with Crippen LogP contribution in [0.3, 0.4) is 0 Å². The molecule has 3 nitrogen and oxygen atoms in total. The molecule has 0 spiro atoms. The van der Waals surface area contributed by atoms with Gasteiger partial charge in [0.2, 0.25) is 5.91 Å². The highest BCUT2D eigenvalue weighted by atomic mass is 35.5. The van der Waals surface area contributed by atoms with Gasteiger partial charge in [0.05, 0.1) is 0 Å². The summed E-state index contributed by atoms with van der Waals surface area (Å²) in [6.45, 7) is 0.674. The highest BCUT2D eigenvalue weighted by Gasteiger charge is 2.04. The van der Waals surface area contributed by atoms with Gasteiger partial charge in [-0.05, 0) is 47.9 Å². The van der Waals surface area contributed by atoms with E-state index in [0.29, 0.717) is 11.6 Å².